The summed E-state index contributed by atoms with van der Waals surface area (Å²) in [5.41, 5.74) is 3.05. The van der Waals surface area contributed by atoms with Crippen LogP contribution in [0.15, 0.2) is 36.4 Å². The minimum Gasteiger partial charge on any atom is -0.454 e. The van der Waals surface area contributed by atoms with E-state index >= 15 is 0 Å². The lowest BCUT2D eigenvalue weighted by Crippen LogP contribution is -2.30. The van der Waals surface area contributed by atoms with E-state index in [2.05, 4.69) is 5.32 Å². The molecule has 0 radical (unpaired) electrons. The first-order chi connectivity index (χ1) is 11.9. The van der Waals surface area contributed by atoms with E-state index in [1.54, 1.807) is 30.3 Å². The van der Waals surface area contributed by atoms with Crippen LogP contribution in [0.5, 0.6) is 11.5 Å². The molecule has 2 aromatic carbocycles. The summed E-state index contributed by atoms with van der Waals surface area (Å²) in [6.07, 6.45) is -0.931. The van der Waals surface area contributed by atoms with Gasteiger partial charge in [-0.25, -0.2) is 4.79 Å². The lowest BCUT2D eigenvalue weighted by atomic mass is 10.1. The van der Waals surface area contributed by atoms with E-state index in [-0.39, 0.29) is 6.79 Å². The molecule has 25 heavy (non-hydrogen) atoms. The number of carbonyl (C=O) groups is 2. The molecule has 0 saturated heterocycles. The number of hydrogen-bond donors (Lipinski definition) is 1. The SMILES string of the molecule is Cc1ccc(C(=O)O[C@H](C)C(=O)Nc2ccc3c(c2)OCO3)cc1C. The second-order valence-electron chi connectivity index (χ2n) is 5.90. The number of hydrogen-bond acceptors (Lipinski definition) is 5. The summed E-state index contributed by atoms with van der Waals surface area (Å²) in [5.74, 6) is 0.247. The van der Waals surface area contributed by atoms with Gasteiger partial charge in [-0.15, -0.1) is 0 Å². The van der Waals surface area contributed by atoms with Crippen LogP contribution in [0, 0.1) is 13.8 Å². The van der Waals surface area contributed by atoms with Gasteiger partial charge in [0.25, 0.3) is 5.91 Å². The van der Waals surface area contributed by atoms with Crippen LogP contribution in [0.3, 0.4) is 0 Å². The zero-order chi connectivity index (χ0) is 18.0. The number of fused-ring (bicyclic) bond motifs is 1. The Hall–Kier alpha value is -3.02. The van der Waals surface area contributed by atoms with Gasteiger partial charge >= 0.3 is 5.97 Å². The summed E-state index contributed by atoms with van der Waals surface area (Å²) in [6, 6.07) is 10.4. The van der Waals surface area contributed by atoms with Crippen LogP contribution in [0.2, 0.25) is 0 Å². The van der Waals surface area contributed by atoms with E-state index in [9.17, 15) is 9.59 Å². The molecule has 0 aliphatic carbocycles. The summed E-state index contributed by atoms with van der Waals surface area (Å²) in [5, 5.41) is 2.70. The molecule has 0 spiro atoms. The van der Waals surface area contributed by atoms with E-state index in [0.29, 0.717) is 22.7 Å². The van der Waals surface area contributed by atoms with Crippen molar-refractivity contribution in [3.05, 3.63) is 53.1 Å². The number of rotatable bonds is 4. The number of carbonyl (C=O) groups excluding carboxylic acids is 2. The van der Waals surface area contributed by atoms with Gasteiger partial charge < -0.3 is 19.5 Å². The van der Waals surface area contributed by atoms with Gasteiger partial charge in [0.1, 0.15) is 0 Å². The molecule has 0 saturated carbocycles. The third-order valence-electron chi connectivity index (χ3n) is 4.04. The van der Waals surface area contributed by atoms with Gasteiger partial charge in [-0.05, 0) is 56.2 Å². The van der Waals surface area contributed by atoms with Crippen LogP contribution in [0.1, 0.15) is 28.4 Å². The lowest BCUT2D eigenvalue weighted by molar-refractivity contribution is -0.123. The molecule has 2 aromatic rings. The van der Waals surface area contributed by atoms with E-state index in [4.69, 9.17) is 14.2 Å². The maximum atomic E-state index is 12.2. The molecule has 6 nitrogen and oxygen atoms in total. The zero-order valence-electron chi connectivity index (χ0n) is 14.3. The Labute approximate surface area is 145 Å². The van der Waals surface area contributed by atoms with Gasteiger partial charge in [0, 0.05) is 11.8 Å². The third kappa shape index (κ3) is 3.74. The second kappa shape index (κ2) is 6.84. The maximum Gasteiger partial charge on any atom is 0.338 e. The number of benzene rings is 2. The van der Waals surface area contributed by atoms with E-state index < -0.39 is 18.0 Å². The average molecular weight is 341 g/mol. The molecule has 6 heteroatoms. The Morgan fingerprint density at radius 1 is 1.04 bits per heavy atom. The standard InChI is InChI=1S/C19H19NO5/c1-11-4-5-14(8-12(11)2)19(22)25-13(3)18(21)20-15-6-7-16-17(9-15)24-10-23-16/h4-9,13H,10H2,1-3H3,(H,20,21)/t13-/m1/s1. The highest BCUT2D eigenvalue weighted by atomic mass is 16.7. The summed E-state index contributed by atoms with van der Waals surface area (Å²) >= 11 is 0. The highest BCUT2D eigenvalue weighted by Crippen LogP contribution is 2.34. The minimum absolute atomic E-state index is 0.163. The van der Waals surface area contributed by atoms with Gasteiger partial charge in [0.2, 0.25) is 6.79 Å². The molecule has 0 bridgehead atoms. The number of ether oxygens (including phenoxy) is 3. The fourth-order valence-corrected chi connectivity index (χ4v) is 2.37. The van der Waals surface area contributed by atoms with Gasteiger partial charge in [0.15, 0.2) is 17.6 Å². The van der Waals surface area contributed by atoms with Crippen molar-refractivity contribution in [2.75, 3.05) is 12.1 Å². The fraction of sp³-hybridized carbons (Fsp3) is 0.263. The maximum absolute atomic E-state index is 12.2. The summed E-state index contributed by atoms with van der Waals surface area (Å²) in [4.78, 5) is 24.4. The van der Waals surface area contributed by atoms with Crippen LogP contribution in [-0.4, -0.2) is 24.8 Å². The summed E-state index contributed by atoms with van der Waals surface area (Å²) < 4.78 is 15.7. The molecule has 1 heterocycles. The predicted molar refractivity (Wildman–Crippen MR) is 92.0 cm³/mol. The van der Waals surface area contributed by atoms with Gasteiger partial charge in [0.05, 0.1) is 5.56 Å². The molecule has 1 atom stereocenters. The highest BCUT2D eigenvalue weighted by molar-refractivity contribution is 5.97. The van der Waals surface area contributed by atoms with Gasteiger partial charge in [-0.2, -0.15) is 0 Å². The van der Waals surface area contributed by atoms with Crippen LogP contribution in [0.4, 0.5) is 5.69 Å². The van der Waals surface area contributed by atoms with Crippen molar-refractivity contribution >= 4 is 17.6 Å². The van der Waals surface area contributed by atoms with Crippen molar-refractivity contribution in [2.45, 2.75) is 26.9 Å². The average Bonchev–Trinajstić information content (AvgIpc) is 3.04. The molecule has 0 aromatic heterocycles. The number of nitrogens with one attached hydrogen (secondary N) is 1. The quantitative estimate of drug-likeness (QED) is 0.865. The number of esters is 1. The summed E-state index contributed by atoms with van der Waals surface area (Å²) in [6.45, 7) is 5.58. The number of anilines is 1. The normalized spacial score (nSPS) is 13.2. The van der Waals surface area contributed by atoms with Crippen molar-refractivity contribution in [1.29, 1.82) is 0 Å². The zero-order valence-corrected chi connectivity index (χ0v) is 14.3. The molecular formula is C19H19NO5. The smallest absolute Gasteiger partial charge is 0.338 e. The van der Waals surface area contributed by atoms with Crippen LogP contribution >= 0.6 is 0 Å². The first-order valence-electron chi connectivity index (χ1n) is 7.93. The minimum atomic E-state index is -0.931. The van der Waals surface area contributed by atoms with Crippen LogP contribution in [0.25, 0.3) is 0 Å². The van der Waals surface area contributed by atoms with Crippen molar-refractivity contribution in [1.82, 2.24) is 0 Å². The molecule has 130 valence electrons. The van der Waals surface area contributed by atoms with E-state index in [0.717, 1.165) is 11.1 Å². The lowest BCUT2D eigenvalue weighted by Gasteiger charge is -2.14. The molecule has 0 fully saturated rings. The van der Waals surface area contributed by atoms with Crippen molar-refractivity contribution in [3.63, 3.8) is 0 Å². The largest absolute Gasteiger partial charge is 0.454 e. The summed E-state index contributed by atoms with van der Waals surface area (Å²) in [7, 11) is 0. The first-order valence-corrected chi connectivity index (χ1v) is 7.93. The Bertz CT molecular complexity index is 831. The van der Waals surface area contributed by atoms with Crippen molar-refractivity contribution in [3.8, 4) is 11.5 Å². The predicted octanol–water partition coefficient (Wildman–Crippen LogP) is 3.22. The monoisotopic (exact) mass is 341 g/mol. The van der Waals surface area contributed by atoms with Gasteiger partial charge in [-0.3, -0.25) is 4.79 Å². The molecule has 1 aliphatic heterocycles. The Balaban J connectivity index is 1.62. The van der Waals surface area contributed by atoms with Crippen molar-refractivity contribution in [2.24, 2.45) is 0 Å². The van der Waals surface area contributed by atoms with Gasteiger partial charge in [-0.1, -0.05) is 6.07 Å². The van der Waals surface area contributed by atoms with E-state index in [1.165, 1.54) is 6.92 Å². The third-order valence-corrected chi connectivity index (χ3v) is 4.04. The number of aryl methyl sites for hydroxylation is 2. The van der Waals surface area contributed by atoms with E-state index in [1.807, 2.05) is 19.9 Å². The Morgan fingerprint density at radius 2 is 1.80 bits per heavy atom. The first kappa shape index (κ1) is 16.8. The topological polar surface area (TPSA) is 73.9 Å². The molecule has 1 aliphatic rings. The van der Waals surface area contributed by atoms with Crippen molar-refractivity contribution < 1.29 is 23.8 Å². The fourth-order valence-electron chi connectivity index (χ4n) is 2.37. The Kier molecular flexibility index (Phi) is 4.61. The Morgan fingerprint density at radius 3 is 2.56 bits per heavy atom. The molecule has 3 rings (SSSR count). The molecule has 1 amide bonds. The molecule has 1 N–H and O–H groups in total. The molecular weight excluding hydrogens is 322 g/mol. The van der Waals surface area contributed by atoms with Crippen LogP contribution in [-0.2, 0) is 9.53 Å². The highest BCUT2D eigenvalue weighted by Gasteiger charge is 2.20. The van der Waals surface area contributed by atoms with Crippen LogP contribution < -0.4 is 14.8 Å². The second-order valence-corrected chi connectivity index (χ2v) is 5.90. The molecule has 0 unspecified atom stereocenters. The number of amides is 1.